The predicted octanol–water partition coefficient (Wildman–Crippen LogP) is 7.14. The summed E-state index contributed by atoms with van der Waals surface area (Å²) < 4.78 is 5.47. The zero-order chi connectivity index (χ0) is 37.4. The first-order valence-corrected chi connectivity index (χ1v) is 18.8. The smallest absolute Gasteiger partial charge is 0.333 e. The summed E-state index contributed by atoms with van der Waals surface area (Å²) >= 11 is 0. The SMILES string of the molecule is CCCCCCCCCCCC(CCCCCCCCCCC(=O)O)(C(=O)O)C(=O)NC(C)(C)OC(=O)CCCC(=O)ON1C(=O)CCC1=O. The van der Waals surface area contributed by atoms with Gasteiger partial charge in [0.1, 0.15) is 5.41 Å². The standard InChI is InChI=1S/C37H62N2O11/c1-4-5-6-7-8-10-13-16-19-27-37(35(47)48,28-20-17-14-11-9-12-15-18-22-31(42)43)34(46)38-36(2,3)49-32(44)23-21-24-33(45)50-39-29(40)25-26-30(39)41/h4-28H2,1-3H3,(H,38,46)(H,42,43)(H,47,48). The average Bonchev–Trinajstić information content (AvgIpc) is 3.35. The van der Waals surface area contributed by atoms with Crippen LogP contribution in [-0.4, -0.2) is 62.6 Å². The van der Waals surface area contributed by atoms with Gasteiger partial charge in [0, 0.05) is 32.1 Å². The summed E-state index contributed by atoms with van der Waals surface area (Å²) in [6.45, 7) is 5.10. The molecule has 1 atom stereocenters. The van der Waals surface area contributed by atoms with Crippen LogP contribution in [0.1, 0.15) is 181 Å². The molecule has 0 aliphatic carbocycles. The van der Waals surface area contributed by atoms with Gasteiger partial charge in [0.15, 0.2) is 5.72 Å². The van der Waals surface area contributed by atoms with Crippen molar-refractivity contribution in [2.24, 2.45) is 5.41 Å². The number of esters is 1. The molecule has 1 unspecified atom stereocenters. The first-order valence-electron chi connectivity index (χ1n) is 18.8. The van der Waals surface area contributed by atoms with Crippen molar-refractivity contribution in [3.05, 3.63) is 0 Å². The minimum atomic E-state index is -1.68. The third-order valence-electron chi connectivity index (χ3n) is 9.04. The molecule has 13 nitrogen and oxygen atoms in total. The van der Waals surface area contributed by atoms with Crippen LogP contribution in [0.3, 0.4) is 0 Å². The number of carboxylic acid groups (broad SMARTS) is 2. The fourth-order valence-corrected chi connectivity index (χ4v) is 6.10. The predicted molar refractivity (Wildman–Crippen MR) is 185 cm³/mol. The molecule has 0 aromatic heterocycles. The van der Waals surface area contributed by atoms with E-state index in [4.69, 9.17) is 14.7 Å². The van der Waals surface area contributed by atoms with Crippen LogP contribution < -0.4 is 5.32 Å². The third-order valence-corrected chi connectivity index (χ3v) is 9.04. The Labute approximate surface area is 297 Å². The molecular formula is C37H62N2O11. The molecule has 0 spiro atoms. The topological polar surface area (TPSA) is 194 Å². The minimum absolute atomic E-state index is 0.0118. The zero-order valence-corrected chi connectivity index (χ0v) is 30.7. The summed E-state index contributed by atoms with van der Waals surface area (Å²) in [5.41, 5.74) is -3.21. The number of hydrogen-bond donors (Lipinski definition) is 3. The van der Waals surface area contributed by atoms with Crippen LogP contribution in [-0.2, 0) is 43.1 Å². The fraction of sp³-hybridized carbons (Fsp3) is 0.811. The number of aliphatic carboxylic acids is 2. The Hall–Kier alpha value is -3.51. The number of ether oxygens (including phenoxy) is 1. The largest absolute Gasteiger partial charge is 0.481 e. The number of nitrogens with one attached hydrogen (secondary N) is 1. The van der Waals surface area contributed by atoms with E-state index in [0.717, 1.165) is 64.2 Å². The molecular weight excluding hydrogens is 648 g/mol. The van der Waals surface area contributed by atoms with Crippen LogP contribution >= 0.6 is 0 Å². The lowest BCUT2D eigenvalue weighted by Crippen LogP contribution is -2.55. The summed E-state index contributed by atoms with van der Waals surface area (Å²) in [6, 6.07) is 0. The van der Waals surface area contributed by atoms with Crippen molar-refractivity contribution in [2.75, 3.05) is 0 Å². The molecule has 0 radical (unpaired) electrons. The lowest BCUT2D eigenvalue weighted by molar-refractivity contribution is -0.197. The number of amides is 3. The number of rotatable bonds is 30. The number of carbonyl (C=O) groups is 7. The van der Waals surface area contributed by atoms with Crippen LogP contribution in [0.2, 0.25) is 0 Å². The van der Waals surface area contributed by atoms with E-state index in [1.54, 1.807) is 0 Å². The number of hydroxylamine groups is 2. The van der Waals surface area contributed by atoms with Crippen LogP contribution in [0.4, 0.5) is 0 Å². The number of hydrogen-bond acceptors (Lipinski definition) is 9. The highest BCUT2D eigenvalue weighted by Gasteiger charge is 2.47. The maximum Gasteiger partial charge on any atom is 0.333 e. The molecule has 3 amide bonds. The molecule has 1 saturated heterocycles. The summed E-state index contributed by atoms with van der Waals surface area (Å²) in [4.78, 5) is 89.9. The molecule has 0 aromatic carbocycles. The van der Waals surface area contributed by atoms with E-state index in [-0.39, 0.29) is 51.4 Å². The molecule has 1 aliphatic heterocycles. The average molecular weight is 711 g/mol. The van der Waals surface area contributed by atoms with E-state index < -0.39 is 52.7 Å². The highest BCUT2D eigenvalue weighted by Crippen LogP contribution is 2.34. The quantitative estimate of drug-likeness (QED) is 0.0226. The van der Waals surface area contributed by atoms with Gasteiger partial charge in [-0.05, 0) is 39.5 Å². The lowest BCUT2D eigenvalue weighted by atomic mass is 9.76. The minimum Gasteiger partial charge on any atom is -0.481 e. The molecule has 1 aliphatic rings. The van der Waals surface area contributed by atoms with Crippen LogP contribution in [0.25, 0.3) is 0 Å². The van der Waals surface area contributed by atoms with Gasteiger partial charge in [-0.15, -0.1) is 5.06 Å². The van der Waals surface area contributed by atoms with Gasteiger partial charge in [-0.3, -0.25) is 28.8 Å². The Morgan fingerprint density at radius 3 is 1.54 bits per heavy atom. The first kappa shape index (κ1) is 44.5. The Bertz CT molecular complexity index is 1090. The highest BCUT2D eigenvalue weighted by atomic mass is 16.7. The van der Waals surface area contributed by atoms with Crippen molar-refractivity contribution in [3.8, 4) is 0 Å². The van der Waals surface area contributed by atoms with Gasteiger partial charge in [0.2, 0.25) is 5.91 Å². The number of nitrogens with zero attached hydrogens (tertiary/aromatic N) is 1. The summed E-state index contributed by atoms with van der Waals surface area (Å²) in [7, 11) is 0. The monoisotopic (exact) mass is 710 g/mol. The highest BCUT2D eigenvalue weighted by molar-refractivity contribution is 6.02. The van der Waals surface area contributed by atoms with Crippen molar-refractivity contribution in [3.63, 3.8) is 0 Å². The molecule has 1 fully saturated rings. The maximum absolute atomic E-state index is 13.8. The normalized spacial score (nSPS) is 14.3. The number of unbranched alkanes of at least 4 members (excludes halogenated alkanes) is 15. The summed E-state index contributed by atoms with van der Waals surface area (Å²) in [6.07, 6.45) is 16.0. The van der Waals surface area contributed by atoms with E-state index >= 15 is 0 Å². The second-order valence-corrected chi connectivity index (χ2v) is 14.0. The van der Waals surface area contributed by atoms with Crippen molar-refractivity contribution in [2.45, 2.75) is 187 Å². The second-order valence-electron chi connectivity index (χ2n) is 14.0. The molecule has 286 valence electrons. The van der Waals surface area contributed by atoms with E-state index in [1.807, 2.05) is 0 Å². The lowest BCUT2D eigenvalue weighted by Gasteiger charge is -2.34. The molecule has 1 rings (SSSR count). The van der Waals surface area contributed by atoms with Crippen molar-refractivity contribution in [1.82, 2.24) is 10.4 Å². The Balaban J connectivity index is 2.70. The molecule has 0 bridgehead atoms. The van der Waals surface area contributed by atoms with Gasteiger partial charge in [-0.2, -0.15) is 0 Å². The Kier molecular flexibility index (Phi) is 21.9. The van der Waals surface area contributed by atoms with E-state index in [9.17, 15) is 38.7 Å². The van der Waals surface area contributed by atoms with Gasteiger partial charge in [0.25, 0.3) is 11.8 Å². The van der Waals surface area contributed by atoms with Gasteiger partial charge in [-0.25, -0.2) is 4.79 Å². The number of carbonyl (C=O) groups excluding carboxylic acids is 5. The van der Waals surface area contributed by atoms with Crippen molar-refractivity contribution in [1.29, 1.82) is 0 Å². The van der Waals surface area contributed by atoms with E-state index in [2.05, 4.69) is 12.2 Å². The number of imide groups is 1. The molecule has 0 saturated carbocycles. The van der Waals surface area contributed by atoms with Gasteiger partial charge < -0.3 is 25.1 Å². The third kappa shape index (κ3) is 18.5. The number of carboxylic acids is 2. The van der Waals surface area contributed by atoms with Crippen molar-refractivity contribution >= 4 is 41.6 Å². The molecule has 13 heteroatoms. The fourth-order valence-electron chi connectivity index (χ4n) is 6.10. The van der Waals surface area contributed by atoms with Crippen LogP contribution in [0.5, 0.6) is 0 Å². The van der Waals surface area contributed by atoms with Crippen LogP contribution in [0, 0.1) is 5.41 Å². The summed E-state index contributed by atoms with van der Waals surface area (Å²) in [5.74, 6) is -5.46. The van der Waals surface area contributed by atoms with Gasteiger partial charge in [-0.1, -0.05) is 110 Å². The Morgan fingerprint density at radius 2 is 1.08 bits per heavy atom. The first-order chi connectivity index (χ1) is 23.7. The molecule has 1 heterocycles. The second kappa shape index (κ2) is 24.6. The zero-order valence-electron chi connectivity index (χ0n) is 30.7. The van der Waals surface area contributed by atoms with Crippen LogP contribution in [0.15, 0.2) is 0 Å². The Morgan fingerprint density at radius 1 is 0.640 bits per heavy atom. The van der Waals surface area contributed by atoms with E-state index in [0.29, 0.717) is 24.3 Å². The van der Waals surface area contributed by atoms with Gasteiger partial charge >= 0.3 is 23.9 Å². The van der Waals surface area contributed by atoms with Gasteiger partial charge in [0.05, 0.1) is 0 Å². The molecule has 50 heavy (non-hydrogen) atoms. The van der Waals surface area contributed by atoms with E-state index in [1.165, 1.54) is 39.5 Å². The molecule has 0 aromatic rings. The maximum atomic E-state index is 13.8. The van der Waals surface area contributed by atoms with Crippen molar-refractivity contribution < 1.29 is 53.3 Å². The molecule has 3 N–H and O–H groups in total. The summed E-state index contributed by atoms with van der Waals surface area (Å²) in [5, 5.41) is 22.3.